The monoisotopic (exact) mass is 140 g/mol. The summed E-state index contributed by atoms with van der Waals surface area (Å²) in [6.07, 6.45) is 1.98. The molecule has 1 aromatic heterocycles. The lowest BCUT2D eigenvalue weighted by atomic mass is 10.5. The minimum atomic E-state index is 0.966. The largest absolute Gasteiger partial charge is 0.273 e. The summed E-state index contributed by atoms with van der Waals surface area (Å²) in [7, 11) is 0. The molecule has 0 aliphatic heterocycles. The van der Waals surface area contributed by atoms with Gasteiger partial charge in [0, 0.05) is 12.7 Å². The fraction of sp³-hybridized carbons (Fsp3) is 0.625. The van der Waals surface area contributed by atoms with Crippen LogP contribution in [0.3, 0.4) is 0 Å². The first kappa shape index (κ1) is 9.21. The van der Waals surface area contributed by atoms with Crippen LogP contribution in [-0.2, 0) is 6.54 Å². The SMILES string of the molecule is CC.CCn1ccc(C)n1. The lowest BCUT2D eigenvalue weighted by molar-refractivity contribution is 0.653. The summed E-state index contributed by atoms with van der Waals surface area (Å²) < 4.78 is 1.91. The summed E-state index contributed by atoms with van der Waals surface area (Å²) in [5.41, 5.74) is 1.09. The van der Waals surface area contributed by atoms with Crippen LogP contribution in [0.25, 0.3) is 0 Å². The van der Waals surface area contributed by atoms with E-state index < -0.39 is 0 Å². The summed E-state index contributed by atoms with van der Waals surface area (Å²) in [5.74, 6) is 0. The molecule has 0 bridgehead atoms. The summed E-state index contributed by atoms with van der Waals surface area (Å²) in [6, 6.07) is 2.00. The van der Waals surface area contributed by atoms with E-state index in [9.17, 15) is 0 Å². The van der Waals surface area contributed by atoms with Crippen molar-refractivity contribution in [3.63, 3.8) is 0 Å². The molecule has 0 amide bonds. The second kappa shape index (κ2) is 5.03. The molecule has 58 valence electrons. The van der Waals surface area contributed by atoms with Gasteiger partial charge in [-0.15, -0.1) is 0 Å². The maximum atomic E-state index is 4.15. The van der Waals surface area contributed by atoms with Crippen molar-refractivity contribution >= 4 is 0 Å². The number of nitrogens with zero attached hydrogens (tertiary/aromatic N) is 2. The molecule has 1 rings (SSSR count). The van der Waals surface area contributed by atoms with Gasteiger partial charge in [-0.1, -0.05) is 13.8 Å². The first-order chi connectivity index (χ1) is 4.83. The third-order valence-electron chi connectivity index (χ3n) is 1.10. The predicted molar refractivity (Wildman–Crippen MR) is 44.0 cm³/mol. The van der Waals surface area contributed by atoms with E-state index >= 15 is 0 Å². The Morgan fingerprint density at radius 1 is 1.50 bits per heavy atom. The van der Waals surface area contributed by atoms with Gasteiger partial charge >= 0.3 is 0 Å². The van der Waals surface area contributed by atoms with E-state index in [-0.39, 0.29) is 0 Å². The second-order valence-corrected chi connectivity index (χ2v) is 1.81. The highest BCUT2D eigenvalue weighted by Gasteiger charge is 1.86. The first-order valence-electron chi connectivity index (χ1n) is 3.83. The van der Waals surface area contributed by atoms with Gasteiger partial charge in [-0.2, -0.15) is 5.10 Å². The first-order valence-corrected chi connectivity index (χ1v) is 3.83. The molecule has 10 heavy (non-hydrogen) atoms. The fourth-order valence-corrected chi connectivity index (χ4v) is 0.639. The number of rotatable bonds is 1. The van der Waals surface area contributed by atoms with E-state index in [4.69, 9.17) is 0 Å². The molecule has 0 aromatic carbocycles. The highest BCUT2D eigenvalue weighted by Crippen LogP contribution is 1.90. The molecule has 2 heteroatoms. The van der Waals surface area contributed by atoms with Crippen molar-refractivity contribution in [2.75, 3.05) is 0 Å². The highest BCUT2D eigenvalue weighted by atomic mass is 15.3. The number of hydrogen-bond donors (Lipinski definition) is 0. The normalized spacial score (nSPS) is 8.40. The quantitative estimate of drug-likeness (QED) is 0.585. The third kappa shape index (κ3) is 2.67. The van der Waals surface area contributed by atoms with Crippen molar-refractivity contribution in [2.45, 2.75) is 34.2 Å². The zero-order chi connectivity index (χ0) is 7.98. The van der Waals surface area contributed by atoms with Crippen LogP contribution >= 0.6 is 0 Å². The standard InChI is InChI=1S/C6H10N2.C2H6/c1-3-8-5-4-6(2)7-8;1-2/h4-5H,3H2,1-2H3;1-2H3. The third-order valence-corrected chi connectivity index (χ3v) is 1.10. The molecule has 0 radical (unpaired) electrons. The molecule has 0 N–H and O–H groups in total. The lowest BCUT2D eigenvalue weighted by Gasteiger charge is -1.89. The van der Waals surface area contributed by atoms with Crippen molar-refractivity contribution in [3.8, 4) is 0 Å². The van der Waals surface area contributed by atoms with Gasteiger partial charge in [0.2, 0.25) is 0 Å². The Balaban J connectivity index is 0.000000371. The van der Waals surface area contributed by atoms with E-state index in [2.05, 4.69) is 12.0 Å². The molecule has 0 fully saturated rings. The summed E-state index contributed by atoms with van der Waals surface area (Å²) in [4.78, 5) is 0. The fourth-order valence-electron chi connectivity index (χ4n) is 0.639. The molecule has 0 atom stereocenters. The molecule has 0 saturated carbocycles. The minimum Gasteiger partial charge on any atom is -0.273 e. The van der Waals surface area contributed by atoms with Crippen molar-refractivity contribution in [1.29, 1.82) is 0 Å². The molecule has 1 aromatic rings. The summed E-state index contributed by atoms with van der Waals surface area (Å²) in [6.45, 7) is 9.03. The Morgan fingerprint density at radius 2 is 2.10 bits per heavy atom. The Hall–Kier alpha value is -0.790. The van der Waals surface area contributed by atoms with Crippen molar-refractivity contribution in [1.82, 2.24) is 9.78 Å². The Kier molecular flexibility index (Phi) is 4.63. The molecule has 2 nitrogen and oxygen atoms in total. The van der Waals surface area contributed by atoms with Gasteiger partial charge in [0.25, 0.3) is 0 Å². The summed E-state index contributed by atoms with van der Waals surface area (Å²) >= 11 is 0. The van der Waals surface area contributed by atoms with E-state index in [1.807, 2.05) is 37.7 Å². The molecule has 1 heterocycles. The molecule has 0 saturated heterocycles. The lowest BCUT2D eigenvalue weighted by Crippen LogP contribution is -1.93. The average Bonchev–Trinajstić information content (AvgIpc) is 2.40. The van der Waals surface area contributed by atoms with Gasteiger partial charge in [0.1, 0.15) is 0 Å². The van der Waals surface area contributed by atoms with Crippen molar-refractivity contribution in [3.05, 3.63) is 18.0 Å². The molecule has 0 aliphatic rings. The van der Waals surface area contributed by atoms with Crippen LogP contribution in [0.4, 0.5) is 0 Å². The van der Waals surface area contributed by atoms with E-state index in [1.54, 1.807) is 0 Å². The van der Waals surface area contributed by atoms with Gasteiger partial charge < -0.3 is 0 Å². The topological polar surface area (TPSA) is 17.8 Å². The zero-order valence-electron chi connectivity index (χ0n) is 7.26. The van der Waals surface area contributed by atoms with E-state index in [0.29, 0.717) is 0 Å². The van der Waals surface area contributed by atoms with Gasteiger partial charge in [-0.05, 0) is 19.9 Å². The maximum Gasteiger partial charge on any atom is 0.0593 e. The smallest absolute Gasteiger partial charge is 0.0593 e. The molecule has 0 unspecified atom stereocenters. The van der Waals surface area contributed by atoms with E-state index in [0.717, 1.165) is 12.2 Å². The second-order valence-electron chi connectivity index (χ2n) is 1.81. The van der Waals surface area contributed by atoms with Gasteiger partial charge in [0.05, 0.1) is 5.69 Å². The Bertz CT molecular complexity index is 168. The van der Waals surface area contributed by atoms with E-state index in [1.165, 1.54) is 0 Å². The zero-order valence-corrected chi connectivity index (χ0v) is 7.26. The maximum absolute atomic E-state index is 4.15. The number of hydrogen-bond acceptors (Lipinski definition) is 1. The Labute approximate surface area is 62.9 Å². The van der Waals surface area contributed by atoms with Crippen LogP contribution in [0.1, 0.15) is 26.5 Å². The molecule has 0 aliphatic carbocycles. The average molecular weight is 140 g/mol. The van der Waals surface area contributed by atoms with Crippen molar-refractivity contribution < 1.29 is 0 Å². The van der Waals surface area contributed by atoms with Crippen LogP contribution in [-0.4, -0.2) is 9.78 Å². The number of aryl methyl sites for hydroxylation is 2. The predicted octanol–water partition coefficient (Wildman–Crippen LogP) is 2.24. The number of aromatic nitrogens is 2. The molecule has 0 spiro atoms. The van der Waals surface area contributed by atoms with Crippen LogP contribution in [0.15, 0.2) is 12.3 Å². The van der Waals surface area contributed by atoms with Crippen LogP contribution in [0, 0.1) is 6.92 Å². The molecular weight excluding hydrogens is 124 g/mol. The minimum absolute atomic E-state index is 0.966. The van der Waals surface area contributed by atoms with Crippen LogP contribution in [0.5, 0.6) is 0 Å². The van der Waals surface area contributed by atoms with Crippen LogP contribution in [0.2, 0.25) is 0 Å². The Morgan fingerprint density at radius 3 is 2.30 bits per heavy atom. The van der Waals surface area contributed by atoms with Gasteiger partial charge in [-0.3, -0.25) is 4.68 Å². The van der Waals surface area contributed by atoms with Gasteiger partial charge in [-0.25, -0.2) is 0 Å². The van der Waals surface area contributed by atoms with Gasteiger partial charge in [0.15, 0.2) is 0 Å². The molecular formula is C8H16N2. The summed E-state index contributed by atoms with van der Waals surface area (Å²) in [5, 5.41) is 4.15. The highest BCUT2D eigenvalue weighted by molar-refractivity contribution is 4.94. The van der Waals surface area contributed by atoms with Crippen LogP contribution < -0.4 is 0 Å². The van der Waals surface area contributed by atoms with Crippen molar-refractivity contribution in [2.24, 2.45) is 0 Å².